The lowest BCUT2D eigenvalue weighted by Gasteiger charge is -2.38. The summed E-state index contributed by atoms with van der Waals surface area (Å²) in [6.45, 7) is 10.7. The minimum absolute atomic E-state index is 0.341. The topological polar surface area (TPSA) is 47.1 Å². The number of rotatable bonds is 5. The molecule has 1 aromatic heterocycles. The predicted octanol–water partition coefficient (Wildman–Crippen LogP) is 2.27. The van der Waals surface area contributed by atoms with Crippen LogP contribution in [-0.2, 0) is 6.54 Å². The van der Waals surface area contributed by atoms with Gasteiger partial charge in [-0.2, -0.15) is 5.10 Å². The van der Waals surface area contributed by atoms with Crippen LogP contribution in [0, 0.1) is 11.8 Å². The first-order chi connectivity index (χ1) is 9.15. The Kier molecular flexibility index (Phi) is 4.99. The molecule has 2 N–H and O–H groups in total. The smallest absolute Gasteiger partial charge is 0.0538 e. The van der Waals surface area contributed by atoms with Crippen molar-refractivity contribution in [3.8, 4) is 0 Å². The molecular formula is C15H28N4. The molecule has 19 heavy (non-hydrogen) atoms. The maximum Gasteiger partial charge on any atom is 0.0538 e. The van der Waals surface area contributed by atoms with Crippen LogP contribution in [0.1, 0.15) is 45.2 Å². The molecule has 4 heteroatoms. The number of nitrogens with zero attached hydrogens (tertiary/aromatic N) is 3. The fraction of sp³-hybridized carbons (Fsp3) is 0.800. The highest BCUT2D eigenvalue weighted by atomic mass is 15.3. The minimum atomic E-state index is 0.341. The van der Waals surface area contributed by atoms with E-state index >= 15 is 0 Å². The summed E-state index contributed by atoms with van der Waals surface area (Å²) in [4.78, 5) is 2.54. The van der Waals surface area contributed by atoms with Crippen LogP contribution in [0.15, 0.2) is 12.4 Å². The molecule has 0 bridgehead atoms. The Morgan fingerprint density at radius 2 is 2.05 bits per heavy atom. The standard InChI is InChI=1S/C15H28N4/c1-4-19-11-14(10-17-19)15(9-16)18-7-5-13(6-8-18)12(2)3/h10-13,15H,4-9,16H2,1-3H3. The van der Waals surface area contributed by atoms with E-state index in [0.29, 0.717) is 12.6 Å². The first-order valence-corrected chi connectivity index (χ1v) is 7.62. The molecule has 4 nitrogen and oxygen atoms in total. The van der Waals surface area contributed by atoms with Crippen molar-refractivity contribution >= 4 is 0 Å². The first-order valence-electron chi connectivity index (χ1n) is 7.62. The Balaban J connectivity index is 1.99. The van der Waals surface area contributed by atoms with Crippen molar-refractivity contribution < 1.29 is 0 Å². The molecular weight excluding hydrogens is 236 g/mol. The second-order valence-corrected chi connectivity index (χ2v) is 6.00. The zero-order valence-corrected chi connectivity index (χ0v) is 12.5. The van der Waals surface area contributed by atoms with E-state index < -0.39 is 0 Å². The van der Waals surface area contributed by atoms with Gasteiger partial charge in [-0.3, -0.25) is 9.58 Å². The molecule has 1 fully saturated rings. The van der Waals surface area contributed by atoms with E-state index in [0.717, 1.165) is 18.4 Å². The van der Waals surface area contributed by atoms with E-state index in [9.17, 15) is 0 Å². The maximum atomic E-state index is 6.00. The number of hydrogen-bond donors (Lipinski definition) is 1. The molecule has 2 heterocycles. The highest BCUT2D eigenvalue weighted by Crippen LogP contribution is 2.29. The molecule has 1 saturated heterocycles. The zero-order valence-electron chi connectivity index (χ0n) is 12.5. The highest BCUT2D eigenvalue weighted by Gasteiger charge is 2.27. The number of piperidine rings is 1. The van der Waals surface area contributed by atoms with Crippen LogP contribution in [0.2, 0.25) is 0 Å². The third-order valence-corrected chi connectivity index (χ3v) is 4.54. The molecule has 0 spiro atoms. The van der Waals surface area contributed by atoms with Crippen molar-refractivity contribution in [2.75, 3.05) is 19.6 Å². The summed E-state index contributed by atoms with van der Waals surface area (Å²) in [5, 5.41) is 4.38. The Morgan fingerprint density at radius 1 is 1.37 bits per heavy atom. The lowest BCUT2D eigenvalue weighted by molar-refractivity contribution is 0.117. The van der Waals surface area contributed by atoms with Crippen LogP contribution in [0.5, 0.6) is 0 Å². The van der Waals surface area contributed by atoms with E-state index in [1.165, 1.54) is 31.5 Å². The quantitative estimate of drug-likeness (QED) is 0.887. The molecule has 0 radical (unpaired) electrons. The molecule has 0 aromatic carbocycles. The van der Waals surface area contributed by atoms with Gasteiger partial charge in [-0.25, -0.2) is 0 Å². The van der Waals surface area contributed by atoms with Crippen LogP contribution in [0.3, 0.4) is 0 Å². The van der Waals surface area contributed by atoms with Gasteiger partial charge in [-0.05, 0) is 44.7 Å². The first kappa shape index (κ1) is 14.5. The van der Waals surface area contributed by atoms with E-state index in [1.54, 1.807) is 0 Å². The van der Waals surface area contributed by atoms with Gasteiger partial charge in [0.05, 0.1) is 12.2 Å². The third-order valence-electron chi connectivity index (χ3n) is 4.54. The minimum Gasteiger partial charge on any atom is -0.329 e. The van der Waals surface area contributed by atoms with Crippen molar-refractivity contribution in [3.05, 3.63) is 18.0 Å². The Hall–Kier alpha value is -0.870. The van der Waals surface area contributed by atoms with Crippen LogP contribution in [0.4, 0.5) is 0 Å². The number of aromatic nitrogens is 2. The predicted molar refractivity (Wildman–Crippen MR) is 78.8 cm³/mol. The lowest BCUT2D eigenvalue weighted by Crippen LogP contribution is -2.40. The van der Waals surface area contributed by atoms with Crippen molar-refractivity contribution in [3.63, 3.8) is 0 Å². The summed E-state index contributed by atoms with van der Waals surface area (Å²) in [6.07, 6.45) is 6.73. The zero-order chi connectivity index (χ0) is 13.8. The average molecular weight is 264 g/mol. The molecule has 0 aliphatic carbocycles. The normalized spacial score (nSPS) is 20.1. The Labute approximate surface area is 117 Å². The summed E-state index contributed by atoms with van der Waals surface area (Å²) in [6, 6.07) is 0.341. The summed E-state index contributed by atoms with van der Waals surface area (Å²) < 4.78 is 1.98. The Bertz CT molecular complexity index is 377. The molecule has 0 amide bonds. The summed E-state index contributed by atoms with van der Waals surface area (Å²) in [5.74, 6) is 1.69. The number of hydrogen-bond acceptors (Lipinski definition) is 3. The van der Waals surface area contributed by atoms with Crippen LogP contribution in [-0.4, -0.2) is 34.3 Å². The number of nitrogens with two attached hydrogens (primary N) is 1. The van der Waals surface area contributed by atoms with Crippen molar-refractivity contribution in [2.24, 2.45) is 17.6 Å². The molecule has 1 aliphatic rings. The molecule has 1 atom stereocenters. The highest BCUT2D eigenvalue weighted by molar-refractivity contribution is 5.11. The maximum absolute atomic E-state index is 6.00. The van der Waals surface area contributed by atoms with Gasteiger partial charge >= 0.3 is 0 Å². The number of likely N-dealkylation sites (tertiary alicyclic amines) is 1. The summed E-state index contributed by atoms with van der Waals surface area (Å²) in [7, 11) is 0. The molecule has 2 rings (SSSR count). The largest absolute Gasteiger partial charge is 0.329 e. The fourth-order valence-corrected chi connectivity index (χ4v) is 3.12. The van der Waals surface area contributed by atoms with Crippen molar-refractivity contribution in [1.82, 2.24) is 14.7 Å². The van der Waals surface area contributed by atoms with Crippen LogP contribution >= 0.6 is 0 Å². The van der Waals surface area contributed by atoms with Gasteiger partial charge in [0.15, 0.2) is 0 Å². The molecule has 108 valence electrons. The molecule has 1 aromatic rings. The van der Waals surface area contributed by atoms with Crippen molar-refractivity contribution in [1.29, 1.82) is 0 Å². The second kappa shape index (κ2) is 6.53. The van der Waals surface area contributed by atoms with E-state index in [4.69, 9.17) is 5.73 Å². The summed E-state index contributed by atoms with van der Waals surface area (Å²) >= 11 is 0. The van der Waals surface area contributed by atoms with Gasteiger partial charge in [0, 0.05) is 24.8 Å². The summed E-state index contributed by atoms with van der Waals surface area (Å²) in [5.41, 5.74) is 7.27. The monoisotopic (exact) mass is 264 g/mol. The second-order valence-electron chi connectivity index (χ2n) is 6.00. The van der Waals surface area contributed by atoms with Gasteiger partial charge in [-0.15, -0.1) is 0 Å². The molecule has 0 saturated carbocycles. The van der Waals surface area contributed by atoms with Gasteiger partial charge in [0.25, 0.3) is 0 Å². The average Bonchev–Trinajstić information content (AvgIpc) is 2.89. The Morgan fingerprint density at radius 3 is 2.53 bits per heavy atom. The van der Waals surface area contributed by atoms with Crippen molar-refractivity contribution in [2.45, 2.75) is 46.2 Å². The lowest BCUT2D eigenvalue weighted by atomic mass is 9.86. The SMILES string of the molecule is CCn1cc(C(CN)N2CCC(C(C)C)CC2)cn1. The van der Waals surface area contributed by atoms with Gasteiger partial charge in [0.2, 0.25) is 0 Å². The van der Waals surface area contributed by atoms with E-state index in [-0.39, 0.29) is 0 Å². The van der Waals surface area contributed by atoms with E-state index in [2.05, 4.69) is 37.0 Å². The molecule has 1 unspecified atom stereocenters. The van der Waals surface area contributed by atoms with Gasteiger partial charge in [0.1, 0.15) is 0 Å². The van der Waals surface area contributed by atoms with Crippen LogP contribution in [0.25, 0.3) is 0 Å². The molecule has 1 aliphatic heterocycles. The van der Waals surface area contributed by atoms with Gasteiger partial charge in [-0.1, -0.05) is 13.8 Å². The van der Waals surface area contributed by atoms with Gasteiger partial charge < -0.3 is 5.73 Å². The number of aryl methyl sites for hydroxylation is 1. The fourth-order valence-electron chi connectivity index (χ4n) is 3.12. The van der Waals surface area contributed by atoms with E-state index in [1.807, 2.05) is 10.9 Å². The third kappa shape index (κ3) is 3.37. The van der Waals surface area contributed by atoms with Crippen LogP contribution < -0.4 is 5.73 Å².